The van der Waals surface area contributed by atoms with E-state index < -0.39 is 5.41 Å². The molecule has 0 bridgehead atoms. The fourth-order valence-electron chi connectivity index (χ4n) is 2.78. The van der Waals surface area contributed by atoms with Crippen molar-refractivity contribution in [3.63, 3.8) is 0 Å². The second-order valence-corrected chi connectivity index (χ2v) is 5.71. The molecule has 1 aromatic carbocycles. The van der Waals surface area contributed by atoms with Crippen LogP contribution in [0.4, 0.5) is 11.6 Å². The van der Waals surface area contributed by atoms with Crippen molar-refractivity contribution in [3.05, 3.63) is 36.0 Å². The first kappa shape index (κ1) is 13.5. The number of rotatable bonds is 1. The van der Waals surface area contributed by atoms with Gasteiger partial charge in [-0.2, -0.15) is 0 Å². The van der Waals surface area contributed by atoms with Crippen LogP contribution in [-0.2, 0) is 10.2 Å². The predicted molar refractivity (Wildman–Crippen MR) is 83.5 cm³/mol. The van der Waals surface area contributed by atoms with Gasteiger partial charge in [0.15, 0.2) is 0 Å². The summed E-state index contributed by atoms with van der Waals surface area (Å²) in [4.78, 5) is 23.4. The molecule has 0 spiro atoms. The lowest BCUT2D eigenvalue weighted by Gasteiger charge is -2.27. The summed E-state index contributed by atoms with van der Waals surface area (Å²) in [6, 6.07) is 7.83. The van der Waals surface area contributed by atoms with E-state index in [1.807, 2.05) is 38.1 Å². The Hall–Kier alpha value is -2.43. The summed E-state index contributed by atoms with van der Waals surface area (Å²) in [5.41, 5.74) is 2.81. The Morgan fingerprint density at radius 1 is 1.24 bits per heavy atom. The number of carbonyl (C=O) groups excluding carboxylic acids is 1. The van der Waals surface area contributed by atoms with E-state index in [1.165, 1.54) is 0 Å². The third-order valence-electron chi connectivity index (χ3n) is 4.05. The van der Waals surface area contributed by atoms with Crippen LogP contribution in [0.1, 0.15) is 19.4 Å². The standard InChI is InChI=1S/C16H18N4O/c1-16(2)11-9-18-15(17-3)19-13(11)10-7-5-6-8-12(10)20(4)14(16)21/h5-9H,1-4H3,(H,17,18,19). The minimum atomic E-state index is -0.671. The minimum Gasteiger partial charge on any atom is -0.357 e. The maximum Gasteiger partial charge on any atom is 0.236 e. The van der Waals surface area contributed by atoms with Crippen LogP contribution < -0.4 is 10.2 Å². The van der Waals surface area contributed by atoms with Crippen LogP contribution in [0.2, 0.25) is 0 Å². The smallest absolute Gasteiger partial charge is 0.236 e. The first-order valence-electron chi connectivity index (χ1n) is 6.89. The lowest BCUT2D eigenvalue weighted by Crippen LogP contribution is -2.40. The van der Waals surface area contributed by atoms with Gasteiger partial charge in [-0.05, 0) is 19.9 Å². The molecule has 5 nitrogen and oxygen atoms in total. The van der Waals surface area contributed by atoms with Gasteiger partial charge in [-0.15, -0.1) is 0 Å². The average Bonchev–Trinajstić information content (AvgIpc) is 2.57. The Labute approximate surface area is 124 Å². The van der Waals surface area contributed by atoms with E-state index in [2.05, 4.69) is 15.3 Å². The maximum absolute atomic E-state index is 12.8. The second-order valence-electron chi connectivity index (χ2n) is 5.71. The normalized spacial score (nSPS) is 16.0. The molecule has 0 saturated heterocycles. The highest BCUT2D eigenvalue weighted by Gasteiger charge is 2.39. The van der Waals surface area contributed by atoms with Gasteiger partial charge >= 0.3 is 0 Å². The Morgan fingerprint density at radius 3 is 2.67 bits per heavy atom. The number of nitrogens with zero attached hydrogens (tertiary/aromatic N) is 3. The van der Waals surface area contributed by atoms with Gasteiger partial charge < -0.3 is 10.2 Å². The molecule has 0 radical (unpaired) electrons. The van der Waals surface area contributed by atoms with Crippen LogP contribution in [0.25, 0.3) is 11.3 Å². The van der Waals surface area contributed by atoms with E-state index in [-0.39, 0.29) is 5.91 Å². The lowest BCUT2D eigenvalue weighted by molar-refractivity contribution is -0.122. The van der Waals surface area contributed by atoms with Gasteiger partial charge in [-0.25, -0.2) is 9.97 Å². The summed E-state index contributed by atoms with van der Waals surface area (Å²) in [6.07, 6.45) is 1.75. The van der Waals surface area contributed by atoms with Gasteiger partial charge in [-0.1, -0.05) is 18.2 Å². The van der Waals surface area contributed by atoms with E-state index in [9.17, 15) is 4.79 Å². The van der Waals surface area contributed by atoms with Gasteiger partial charge in [0.2, 0.25) is 11.9 Å². The van der Waals surface area contributed by atoms with Crippen molar-refractivity contribution >= 4 is 17.5 Å². The van der Waals surface area contributed by atoms with E-state index in [0.29, 0.717) is 5.95 Å². The quantitative estimate of drug-likeness (QED) is 0.872. The zero-order valence-electron chi connectivity index (χ0n) is 12.6. The Balaban J connectivity index is 2.39. The first-order chi connectivity index (χ1) is 9.96. The van der Waals surface area contributed by atoms with Crippen molar-refractivity contribution in [1.29, 1.82) is 0 Å². The molecule has 2 heterocycles. The van der Waals surface area contributed by atoms with Gasteiger partial charge in [0.05, 0.1) is 16.8 Å². The molecule has 1 N–H and O–H groups in total. The third kappa shape index (κ3) is 1.88. The molecular formula is C16H18N4O. The van der Waals surface area contributed by atoms with Crippen LogP contribution in [0.3, 0.4) is 0 Å². The SMILES string of the molecule is CNc1ncc2c(n1)-c1ccccc1N(C)C(=O)C2(C)C. The summed E-state index contributed by atoms with van der Waals surface area (Å²) >= 11 is 0. The molecule has 5 heteroatoms. The maximum atomic E-state index is 12.8. The molecule has 1 aromatic heterocycles. The van der Waals surface area contributed by atoms with Crippen LogP contribution in [0.5, 0.6) is 0 Å². The third-order valence-corrected chi connectivity index (χ3v) is 4.05. The van der Waals surface area contributed by atoms with Crippen molar-refractivity contribution in [2.75, 3.05) is 24.3 Å². The molecule has 0 fully saturated rings. The highest BCUT2D eigenvalue weighted by atomic mass is 16.2. The fourth-order valence-corrected chi connectivity index (χ4v) is 2.78. The van der Waals surface area contributed by atoms with Gasteiger partial charge in [0.25, 0.3) is 0 Å². The summed E-state index contributed by atoms with van der Waals surface area (Å²) in [6.45, 7) is 3.83. The summed E-state index contributed by atoms with van der Waals surface area (Å²) < 4.78 is 0. The van der Waals surface area contributed by atoms with Crippen LogP contribution in [0, 0.1) is 0 Å². The number of benzene rings is 1. The zero-order valence-corrected chi connectivity index (χ0v) is 12.6. The Bertz CT molecular complexity index is 724. The van der Waals surface area contributed by atoms with Crippen LogP contribution >= 0.6 is 0 Å². The number of nitrogens with one attached hydrogen (secondary N) is 1. The van der Waals surface area contributed by atoms with E-state index in [1.54, 1.807) is 25.2 Å². The zero-order chi connectivity index (χ0) is 15.2. The molecule has 0 unspecified atom stereocenters. The van der Waals surface area contributed by atoms with Crippen molar-refractivity contribution < 1.29 is 4.79 Å². The van der Waals surface area contributed by atoms with Crippen molar-refractivity contribution in [3.8, 4) is 11.3 Å². The summed E-state index contributed by atoms with van der Waals surface area (Å²) in [7, 11) is 3.59. The largest absolute Gasteiger partial charge is 0.357 e. The molecule has 1 aliphatic heterocycles. The summed E-state index contributed by atoms with van der Waals surface area (Å²) in [5, 5.41) is 2.96. The molecule has 21 heavy (non-hydrogen) atoms. The Kier molecular flexibility index (Phi) is 2.93. The second kappa shape index (κ2) is 4.55. The molecular weight excluding hydrogens is 264 g/mol. The number of anilines is 2. The fraction of sp³-hybridized carbons (Fsp3) is 0.312. The van der Waals surface area contributed by atoms with Crippen molar-refractivity contribution in [2.24, 2.45) is 0 Å². The lowest BCUT2D eigenvalue weighted by atomic mass is 9.83. The van der Waals surface area contributed by atoms with E-state index in [4.69, 9.17) is 0 Å². The molecule has 1 aliphatic rings. The number of hydrogen-bond acceptors (Lipinski definition) is 4. The number of amides is 1. The van der Waals surface area contributed by atoms with Crippen molar-refractivity contribution in [1.82, 2.24) is 9.97 Å². The van der Waals surface area contributed by atoms with E-state index >= 15 is 0 Å². The molecule has 3 rings (SSSR count). The molecule has 0 saturated carbocycles. The topological polar surface area (TPSA) is 58.1 Å². The number of fused-ring (bicyclic) bond motifs is 3. The average molecular weight is 282 g/mol. The highest BCUT2D eigenvalue weighted by Crippen LogP contribution is 2.41. The van der Waals surface area contributed by atoms with Gasteiger partial charge in [-0.3, -0.25) is 4.79 Å². The first-order valence-corrected chi connectivity index (χ1v) is 6.89. The van der Waals surface area contributed by atoms with Gasteiger partial charge in [0, 0.05) is 31.4 Å². The van der Waals surface area contributed by atoms with Crippen LogP contribution in [-0.4, -0.2) is 30.0 Å². The number of aromatic nitrogens is 2. The summed E-state index contributed by atoms with van der Waals surface area (Å²) in [5.74, 6) is 0.589. The molecule has 0 atom stereocenters. The van der Waals surface area contributed by atoms with E-state index in [0.717, 1.165) is 22.5 Å². The molecule has 2 aromatic rings. The highest BCUT2D eigenvalue weighted by molar-refractivity contribution is 6.06. The number of carbonyl (C=O) groups is 1. The Morgan fingerprint density at radius 2 is 1.95 bits per heavy atom. The predicted octanol–water partition coefficient (Wildman–Crippen LogP) is 2.44. The van der Waals surface area contributed by atoms with Crippen LogP contribution in [0.15, 0.2) is 30.5 Å². The van der Waals surface area contributed by atoms with Crippen molar-refractivity contribution in [2.45, 2.75) is 19.3 Å². The number of likely N-dealkylation sites (N-methyl/N-ethyl adjacent to an activating group) is 1. The number of para-hydroxylation sites is 1. The molecule has 0 aliphatic carbocycles. The molecule has 108 valence electrons. The monoisotopic (exact) mass is 282 g/mol. The molecule has 1 amide bonds. The minimum absolute atomic E-state index is 0.0366. The van der Waals surface area contributed by atoms with Gasteiger partial charge in [0.1, 0.15) is 0 Å². The number of hydrogen-bond donors (Lipinski definition) is 1.